The highest BCUT2D eigenvalue weighted by atomic mass is 16.6. The van der Waals surface area contributed by atoms with Crippen LogP contribution >= 0.6 is 0 Å². The summed E-state index contributed by atoms with van der Waals surface area (Å²) >= 11 is 0. The normalized spacial score (nSPS) is 43.5. The van der Waals surface area contributed by atoms with Gasteiger partial charge < -0.3 is 24.9 Å². The predicted molar refractivity (Wildman–Crippen MR) is 140 cm³/mol. The lowest BCUT2D eigenvalue weighted by molar-refractivity contribution is -0.151. The van der Waals surface area contributed by atoms with Crippen molar-refractivity contribution in [2.45, 2.75) is 76.4 Å². The molecule has 2 aliphatic carbocycles. The predicted octanol–water partition coefficient (Wildman–Crippen LogP) is 3.56. The number of nitrogens with one attached hydrogen (secondary N) is 2. The number of H-pyrrole nitrogens is 1. The smallest absolute Gasteiger partial charge is 0.235 e. The molecule has 0 radical (unpaired) electrons. The molecule has 0 bridgehead atoms. The molecule has 1 amide bonds. The Morgan fingerprint density at radius 1 is 1.22 bits per heavy atom. The molecule has 37 heavy (non-hydrogen) atoms. The van der Waals surface area contributed by atoms with Crippen molar-refractivity contribution in [1.82, 2.24) is 10.3 Å². The van der Waals surface area contributed by atoms with Gasteiger partial charge in [0.15, 0.2) is 5.78 Å². The zero-order chi connectivity index (χ0) is 26.1. The van der Waals surface area contributed by atoms with Gasteiger partial charge in [0.1, 0.15) is 5.41 Å². The third kappa shape index (κ3) is 3.57. The van der Waals surface area contributed by atoms with Gasteiger partial charge in [-0.3, -0.25) is 9.59 Å². The molecule has 1 aromatic heterocycles. The first-order valence-corrected chi connectivity index (χ1v) is 13.7. The van der Waals surface area contributed by atoms with E-state index < -0.39 is 17.6 Å². The standard InChI is InChI=1S/C30H38N2O5/c1-16-8-7-10-20-27-29(3,37-27)17(2)26-22(13-18-15-31-21-11-6-5-9-19(18)21)32-28(35)30(20,26)25(34)14-24(36-4)23(33)12-16/h5-7,9-11,15-17,20,22-24,26-27,31,33H,8,12-14H2,1-4H3,(H,32,35). The van der Waals surface area contributed by atoms with Crippen LogP contribution in [0.3, 0.4) is 0 Å². The minimum atomic E-state index is -1.25. The van der Waals surface area contributed by atoms with Crippen molar-refractivity contribution in [1.29, 1.82) is 0 Å². The fourth-order valence-corrected chi connectivity index (χ4v) is 7.91. The van der Waals surface area contributed by atoms with Gasteiger partial charge in [-0.2, -0.15) is 0 Å². The van der Waals surface area contributed by atoms with E-state index in [1.165, 1.54) is 7.11 Å². The Morgan fingerprint density at radius 2 is 2.00 bits per heavy atom. The van der Waals surface area contributed by atoms with Crippen molar-refractivity contribution < 1.29 is 24.2 Å². The molecule has 10 atom stereocenters. The molecule has 7 heteroatoms. The molecule has 3 N–H and O–H groups in total. The number of hydrogen-bond acceptors (Lipinski definition) is 5. The van der Waals surface area contributed by atoms with E-state index in [4.69, 9.17) is 9.47 Å². The van der Waals surface area contributed by atoms with Crippen molar-refractivity contribution in [2.75, 3.05) is 7.11 Å². The first-order valence-electron chi connectivity index (χ1n) is 13.7. The van der Waals surface area contributed by atoms with Gasteiger partial charge in [-0.25, -0.2) is 0 Å². The van der Waals surface area contributed by atoms with Crippen molar-refractivity contribution in [2.24, 2.45) is 29.1 Å². The number of amides is 1. The SMILES string of the molecule is COC1CC(=O)C23C(=O)NC(Cc4c[nH]c5ccccc45)C2C(C)C2(C)OC2C3C=CCC(C)CC1O. The van der Waals surface area contributed by atoms with Crippen LogP contribution in [-0.4, -0.2) is 58.8 Å². The number of methoxy groups -OCH3 is 1. The third-order valence-corrected chi connectivity index (χ3v) is 10.1. The van der Waals surface area contributed by atoms with E-state index in [0.29, 0.717) is 12.8 Å². The summed E-state index contributed by atoms with van der Waals surface area (Å²) in [5, 5.41) is 15.3. The number of hydrogen-bond donors (Lipinski definition) is 3. The Hall–Kier alpha value is -2.48. The van der Waals surface area contributed by atoms with Crippen molar-refractivity contribution in [3.05, 3.63) is 48.2 Å². The molecule has 2 saturated heterocycles. The number of rotatable bonds is 3. The lowest BCUT2D eigenvalue weighted by Crippen LogP contribution is -2.59. The molecule has 2 aromatic rings. The van der Waals surface area contributed by atoms with Crippen molar-refractivity contribution in [3.8, 4) is 0 Å². The Morgan fingerprint density at radius 3 is 2.78 bits per heavy atom. The lowest BCUT2D eigenvalue weighted by atomic mass is 9.51. The molecule has 1 spiro atoms. The number of carbonyl (C=O) groups excluding carboxylic acids is 2. The maximum Gasteiger partial charge on any atom is 0.235 e. The van der Waals surface area contributed by atoms with Crippen LogP contribution in [0.15, 0.2) is 42.6 Å². The summed E-state index contributed by atoms with van der Waals surface area (Å²) in [7, 11) is 1.54. The van der Waals surface area contributed by atoms with Gasteiger partial charge in [-0.15, -0.1) is 0 Å². The molecular weight excluding hydrogens is 468 g/mol. The van der Waals surface area contributed by atoms with Gasteiger partial charge in [0.2, 0.25) is 5.91 Å². The number of Topliss-reactive ketones (excluding diaryl/α,β-unsaturated/α-hetero) is 1. The number of fused-ring (bicyclic) bond motifs is 3. The van der Waals surface area contributed by atoms with E-state index in [9.17, 15) is 14.7 Å². The number of aromatic amines is 1. The molecule has 1 saturated carbocycles. The maximum absolute atomic E-state index is 14.4. The van der Waals surface area contributed by atoms with Gasteiger partial charge in [0, 0.05) is 48.5 Å². The summed E-state index contributed by atoms with van der Waals surface area (Å²) < 4.78 is 12.0. The van der Waals surface area contributed by atoms with Crippen molar-refractivity contribution in [3.63, 3.8) is 0 Å². The molecule has 6 rings (SSSR count). The van der Waals surface area contributed by atoms with E-state index in [-0.39, 0.29) is 59.5 Å². The first-order chi connectivity index (χ1) is 17.7. The highest BCUT2D eigenvalue weighted by Crippen LogP contribution is 2.66. The number of aliphatic hydroxyl groups excluding tert-OH is 1. The molecule has 10 unspecified atom stereocenters. The summed E-state index contributed by atoms with van der Waals surface area (Å²) in [5.41, 5.74) is 0.561. The van der Waals surface area contributed by atoms with Gasteiger partial charge in [-0.05, 0) is 49.7 Å². The highest BCUT2D eigenvalue weighted by Gasteiger charge is 2.78. The van der Waals surface area contributed by atoms with Gasteiger partial charge in [-0.1, -0.05) is 44.2 Å². The largest absolute Gasteiger partial charge is 0.390 e. The zero-order valence-corrected chi connectivity index (χ0v) is 22.1. The van der Waals surface area contributed by atoms with E-state index in [1.807, 2.05) is 24.4 Å². The molecule has 1 aromatic carbocycles. The molecule has 3 fully saturated rings. The van der Waals surface area contributed by atoms with E-state index in [2.05, 4.69) is 49.3 Å². The van der Waals surface area contributed by atoms with Crippen LogP contribution in [0.2, 0.25) is 0 Å². The van der Waals surface area contributed by atoms with Crippen LogP contribution in [-0.2, 0) is 25.5 Å². The average Bonchev–Trinajstić information content (AvgIpc) is 3.28. The number of benzene rings is 1. The molecule has 2 aliphatic heterocycles. The maximum atomic E-state index is 14.4. The summed E-state index contributed by atoms with van der Waals surface area (Å²) in [6.45, 7) is 6.36. The summed E-state index contributed by atoms with van der Waals surface area (Å²) in [6, 6.07) is 7.95. The molecule has 4 aliphatic rings. The van der Waals surface area contributed by atoms with Gasteiger partial charge in [0.05, 0.1) is 23.9 Å². The lowest BCUT2D eigenvalue weighted by Gasteiger charge is -2.46. The molecular formula is C30H38N2O5. The van der Waals surface area contributed by atoms with Crippen LogP contribution in [0.4, 0.5) is 0 Å². The second-order valence-corrected chi connectivity index (χ2v) is 12.0. The summed E-state index contributed by atoms with van der Waals surface area (Å²) in [6.07, 6.45) is 6.54. The number of para-hydroxylation sites is 1. The van der Waals surface area contributed by atoms with Crippen LogP contribution in [0.5, 0.6) is 0 Å². The quantitative estimate of drug-likeness (QED) is 0.336. The number of aliphatic hydroxyl groups is 1. The minimum absolute atomic E-state index is 0.00442. The van der Waals surface area contributed by atoms with Crippen LogP contribution < -0.4 is 5.32 Å². The molecule has 7 nitrogen and oxygen atoms in total. The fourth-order valence-electron chi connectivity index (χ4n) is 7.91. The zero-order valence-electron chi connectivity index (χ0n) is 22.1. The van der Waals surface area contributed by atoms with E-state index in [1.54, 1.807) is 0 Å². The second-order valence-electron chi connectivity index (χ2n) is 12.0. The highest BCUT2D eigenvalue weighted by molar-refractivity contribution is 6.09. The second kappa shape index (κ2) is 8.79. The van der Waals surface area contributed by atoms with Gasteiger partial charge in [0.25, 0.3) is 0 Å². The Bertz CT molecular complexity index is 1250. The Labute approximate surface area is 218 Å². The number of ether oxygens (including phenoxy) is 2. The van der Waals surface area contributed by atoms with Gasteiger partial charge >= 0.3 is 0 Å². The number of carbonyl (C=O) groups is 2. The topological polar surface area (TPSA) is 104 Å². The Balaban J connectivity index is 1.46. The molecule has 198 valence electrons. The number of ketones is 1. The number of allylic oxidation sites excluding steroid dienone is 1. The van der Waals surface area contributed by atoms with Crippen LogP contribution in [0.1, 0.15) is 45.6 Å². The minimum Gasteiger partial charge on any atom is -0.390 e. The van der Waals surface area contributed by atoms with E-state index >= 15 is 0 Å². The average molecular weight is 507 g/mol. The molecule has 3 heterocycles. The van der Waals surface area contributed by atoms with E-state index in [0.717, 1.165) is 22.9 Å². The summed E-state index contributed by atoms with van der Waals surface area (Å²) in [5.74, 6) is -0.717. The van der Waals surface area contributed by atoms with Crippen molar-refractivity contribution >= 4 is 22.6 Å². The number of epoxide rings is 1. The monoisotopic (exact) mass is 506 g/mol. The fraction of sp³-hybridized carbons (Fsp3) is 0.600. The van der Waals surface area contributed by atoms with Crippen LogP contribution in [0, 0.1) is 29.1 Å². The Kier molecular flexibility index (Phi) is 5.90. The van der Waals surface area contributed by atoms with Crippen LogP contribution in [0.25, 0.3) is 10.9 Å². The number of aromatic nitrogens is 1. The summed E-state index contributed by atoms with van der Waals surface area (Å²) in [4.78, 5) is 31.9. The third-order valence-electron chi connectivity index (χ3n) is 10.1. The first kappa shape index (κ1) is 24.8.